The molecular weight excluding hydrogens is 440 g/mol. The number of hydrogen-bond donors (Lipinski definition) is 3. The number of methoxy groups -OCH3 is 1. The Hall–Kier alpha value is -2.60. The molecule has 3 N–H and O–H groups in total. The number of carbonyl (C=O) groups is 4. The molecule has 4 atom stereocenters. The van der Waals surface area contributed by atoms with Crippen LogP contribution in [0.3, 0.4) is 0 Å². The first-order valence-electron chi connectivity index (χ1n) is 10.6. The topological polar surface area (TPSA) is 163 Å². The predicted molar refractivity (Wildman–Crippen MR) is 114 cm³/mol. The highest BCUT2D eigenvalue weighted by Gasteiger charge is 2.42. The van der Waals surface area contributed by atoms with Crippen molar-refractivity contribution >= 4 is 24.1 Å². The number of aliphatic hydroxyl groups is 2. The van der Waals surface area contributed by atoms with E-state index in [0.717, 1.165) is 4.90 Å². The summed E-state index contributed by atoms with van der Waals surface area (Å²) >= 11 is 0. The maximum absolute atomic E-state index is 11.8. The first-order valence-corrected chi connectivity index (χ1v) is 10.6. The van der Waals surface area contributed by atoms with E-state index >= 15 is 0 Å². The summed E-state index contributed by atoms with van der Waals surface area (Å²) in [6.07, 6.45) is -2.58. The first kappa shape index (κ1) is 28.4. The van der Waals surface area contributed by atoms with Gasteiger partial charge >= 0.3 is 24.1 Å². The zero-order valence-electron chi connectivity index (χ0n) is 20.2. The lowest BCUT2D eigenvalue weighted by atomic mass is 10.2. The van der Waals surface area contributed by atoms with Gasteiger partial charge in [0, 0.05) is 12.8 Å². The molecule has 2 aliphatic heterocycles. The lowest BCUT2D eigenvalue weighted by molar-refractivity contribution is -0.145. The number of carboxylic acids is 1. The van der Waals surface area contributed by atoms with E-state index in [1.165, 1.54) is 12.0 Å². The minimum atomic E-state index is -1.12. The summed E-state index contributed by atoms with van der Waals surface area (Å²) in [5, 5.41) is 27.7. The molecule has 2 fully saturated rings. The molecule has 2 amide bonds. The van der Waals surface area contributed by atoms with Crippen molar-refractivity contribution in [2.75, 3.05) is 20.2 Å². The third kappa shape index (κ3) is 9.04. The molecule has 2 heterocycles. The molecule has 0 bridgehead atoms. The molecular formula is C21H36N2O10. The fourth-order valence-corrected chi connectivity index (χ4v) is 3.27. The minimum Gasteiger partial charge on any atom is -0.480 e. The molecule has 2 saturated heterocycles. The molecule has 33 heavy (non-hydrogen) atoms. The number of β-amino-alcohol motifs (C(OH)–C–C–N with tert-alkyl or cyclic N) is 2. The standard InChI is InChI=1S/C11H19NO5.C10H17NO5/c1-11(2,3)17-10(15)12-6-7(13)5-8(12)9(14)16-4;1-10(2,3)16-9(15)11-5-6(12)4-7(11)8(13)14/h7-8,13H,5-6H2,1-4H3;6-7,12H,4-5H2,1-3H3,(H,13,14)/t7-,8-;6-,7-/m00/s1. The van der Waals surface area contributed by atoms with Crippen molar-refractivity contribution in [2.24, 2.45) is 0 Å². The second-order valence-electron chi connectivity index (χ2n) is 9.94. The Bertz CT molecular complexity index is 728. The van der Waals surface area contributed by atoms with Gasteiger partial charge in [0.25, 0.3) is 0 Å². The van der Waals surface area contributed by atoms with E-state index in [1.54, 1.807) is 41.5 Å². The Labute approximate surface area is 193 Å². The zero-order valence-corrected chi connectivity index (χ0v) is 20.2. The molecule has 12 heteroatoms. The average Bonchev–Trinajstić information content (AvgIpc) is 3.22. The number of nitrogens with zero attached hydrogens (tertiary/aromatic N) is 2. The van der Waals surface area contributed by atoms with E-state index in [1.807, 2.05) is 0 Å². The van der Waals surface area contributed by atoms with Crippen LogP contribution in [0.4, 0.5) is 9.59 Å². The van der Waals surface area contributed by atoms with E-state index in [9.17, 15) is 29.4 Å². The van der Waals surface area contributed by atoms with Crippen molar-refractivity contribution in [1.29, 1.82) is 0 Å². The second-order valence-corrected chi connectivity index (χ2v) is 9.94. The summed E-state index contributed by atoms with van der Waals surface area (Å²) < 4.78 is 14.8. The molecule has 2 aliphatic rings. The summed E-state index contributed by atoms with van der Waals surface area (Å²) in [6.45, 7) is 10.4. The summed E-state index contributed by atoms with van der Waals surface area (Å²) in [7, 11) is 1.25. The van der Waals surface area contributed by atoms with Crippen molar-refractivity contribution in [1.82, 2.24) is 9.80 Å². The zero-order chi connectivity index (χ0) is 25.7. The van der Waals surface area contributed by atoms with E-state index < -0.39 is 59.6 Å². The fraction of sp³-hybridized carbons (Fsp3) is 0.810. The van der Waals surface area contributed by atoms with Gasteiger partial charge in [-0.25, -0.2) is 19.2 Å². The van der Waals surface area contributed by atoms with Gasteiger partial charge in [0.15, 0.2) is 0 Å². The van der Waals surface area contributed by atoms with Gasteiger partial charge in [-0.2, -0.15) is 0 Å². The smallest absolute Gasteiger partial charge is 0.411 e. The van der Waals surface area contributed by atoms with Crippen LogP contribution in [0, 0.1) is 0 Å². The van der Waals surface area contributed by atoms with Gasteiger partial charge in [-0.1, -0.05) is 0 Å². The van der Waals surface area contributed by atoms with Gasteiger partial charge in [-0.3, -0.25) is 9.80 Å². The highest BCUT2D eigenvalue weighted by atomic mass is 16.6. The van der Waals surface area contributed by atoms with Gasteiger partial charge in [0.05, 0.1) is 32.4 Å². The predicted octanol–water partition coefficient (Wildman–Crippen LogP) is 0.971. The van der Waals surface area contributed by atoms with Crippen LogP contribution < -0.4 is 0 Å². The third-order valence-corrected chi connectivity index (χ3v) is 4.57. The Morgan fingerprint density at radius 3 is 1.45 bits per heavy atom. The minimum absolute atomic E-state index is 0.00583. The second kappa shape index (κ2) is 11.0. The molecule has 0 aromatic heterocycles. The maximum atomic E-state index is 11.8. The molecule has 2 rings (SSSR count). The van der Waals surface area contributed by atoms with Crippen molar-refractivity contribution < 1.29 is 48.7 Å². The van der Waals surface area contributed by atoms with Crippen molar-refractivity contribution in [2.45, 2.75) is 89.9 Å². The number of aliphatic carboxylic acids is 1. The summed E-state index contributed by atoms with van der Waals surface area (Å²) in [6, 6.07) is -1.75. The first-order chi connectivity index (χ1) is 14.9. The van der Waals surface area contributed by atoms with Gasteiger partial charge in [0.2, 0.25) is 0 Å². The highest BCUT2D eigenvalue weighted by molar-refractivity contribution is 5.82. The third-order valence-electron chi connectivity index (χ3n) is 4.57. The number of rotatable bonds is 2. The van der Waals surface area contributed by atoms with Crippen LogP contribution >= 0.6 is 0 Å². The molecule has 0 aromatic rings. The quantitative estimate of drug-likeness (QED) is 0.386. The van der Waals surface area contributed by atoms with E-state index in [4.69, 9.17) is 14.6 Å². The molecule has 0 aromatic carbocycles. The highest BCUT2D eigenvalue weighted by Crippen LogP contribution is 2.23. The largest absolute Gasteiger partial charge is 0.480 e. The molecule has 0 spiro atoms. The lowest BCUT2D eigenvalue weighted by Gasteiger charge is -2.27. The number of ether oxygens (including phenoxy) is 3. The van der Waals surface area contributed by atoms with E-state index in [-0.39, 0.29) is 25.9 Å². The maximum Gasteiger partial charge on any atom is 0.411 e. The molecule has 0 radical (unpaired) electrons. The summed E-state index contributed by atoms with van der Waals surface area (Å²) in [4.78, 5) is 48.1. The Morgan fingerprint density at radius 2 is 1.12 bits per heavy atom. The van der Waals surface area contributed by atoms with E-state index in [0.29, 0.717) is 0 Å². The number of aliphatic hydroxyl groups excluding tert-OH is 2. The van der Waals surface area contributed by atoms with Gasteiger partial charge in [-0.15, -0.1) is 0 Å². The van der Waals surface area contributed by atoms with Crippen molar-refractivity contribution in [3.05, 3.63) is 0 Å². The Kier molecular flexibility index (Phi) is 9.49. The fourth-order valence-electron chi connectivity index (χ4n) is 3.27. The lowest BCUT2D eigenvalue weighted by Crippen LogP contribution is -2.43. The van der Waals surface area contributed by atoms with E-state index in [2.05, 4.69) is 4.74 Å². The molecule has 0 saturated carbocycles. The van der Waals surface area contributed by atoms with Crippen LogP contribution in [-0.2, 0) is 23.8 Å². The van der Waals surface area contributed by atoms with Crippen LogP contribution in [0.2, 0.25) is 0 Å². The number of hydrogen-bond acceptors (Lipinski definition) is 9. The summed E-state index contributed by atoms with van der Waals surface area (Å²) in [5.74, 6) is -1.66. The SMILES string of the molecule is CC(C)(C)OC(=O)N1C[C@@H](O)C[C@H]1C(=O)O.COC(=O)[C@@H]1C[C@H](O)CN1C(=O)OC(C)(C)C. The summed E-state index contributed by atoms with van der Waals surface area (Å²) in [5.41, 5.74) is -1.31. The molecule has 12 nitrogen and oxygen atoms in total. The van der Waals surface area contributed by atoms with Gasteiger partial charge in [-0.05, 0) is 41.5 Å². The number of likely N-dealkylation sites (tertiary alicyclic amines) is 2. The average molecular weight is 477 g/mol. The normalized spacial score (nSPS) is 25.1. The number of amides is 2. The van der Waals surface area contributed by atoms with Crippen LogP contribution in [0.1, 0.15) is 54.4 Å². The van der Waals surface area contributed by atoms with Crippen LogP contribution in [-0.4, -0.2) is 105 Å². The van der Waals surface area contributed by atoms with Crippen LogP contribution in [0.15, 0.2) is 0 Å². The number of esters is 1. The van der Waals surface area contributed by atoms with Crippen molar-refractivity contribution in [3.63, 3.8) is 0 Å². The Balaban J connectivity index is 0.000000331. The van der Waals surface area contributed by atoms with Crippen molar-refractivity contribution in [3.8, 4) is 0 Å². The molecule has 0 aliphatic carbocycles. The number of carbonyl (C=O) groups excluding carboxylic acids is 3. The van der Waals surface area contributed by atoms with Gasteiger partial charge in [0.1, 0.15) is 23.3 Å². The van der Waals surface area contributed by atoms with Gasteiger partial charge < -0.3 is 29.5 Å². The monoisotopic (exact) mass is 476 g/mol. The molecule has 0 unspecified atom stereocenters. The van der Waals surface area contributed by atoms with Crippen LogP contribution in [0.25, 0.3) is 0 Å². The Morgan fingerprint density at radius 1 is 0.758 bits per heavy atom. The number of carboxylic acid groups (broad SMARTS) is 1. The molecule has 190 valence electrons. The van der Waals surface area contributed by atoms with Crippen LogP contribution in [0.5, 0.6) is 0 Å².